The largest absolute Gasteiger partial charge is 0.508 e. The molecule has 196 valence electrons. The number of benzene rings is 4. The van der Waals surface area contributed by atoms with E-state index in [1.807, 2.05) is 18.2 Å². The topological polar surface area (TPSA) is 40.5 Å². The first-order valence-corrected chi connectivity index (χ1v) is 13.8. The van der Waals surface area contributed by atoms with Crippen LogP contribution in [-0.2, 0) is 6.42 Å². The summed E-state index contributed by atoms with van der Waals surface area (Å²) in [6.45, 7) is 13.5. The molecule has 1 aliphatic carbocycles. The smallest absolute Gasteiger partial charge is 0.116 e. The minimum Gasteiger partial charge on any atom is -0.508 e. The van der Waals surface area contributed by atoms with E-state index < -0.39 is 0 Å². The van der Waals surface area contributed by atoms with Crippen molar-refractivity contribution in [2.45, 2.75) is 78.6 Å². The number of hydrogen-bond donors (Lipinski definition) is 2. The predicted octanol–water partition coefficient (Wildman–Crippen LogP) is 9.95. The van der Waals surface area contributed by atoms with Crippen LogP contribution in [0.15, 0.2) is 84.9 Å². The lowest BCUT2D eigenvalue weighted by Gasteiger charge is -2.09. The van der Waals surface area contributed by atoms with E-state index in [9.17, 15) is 5.11 Å². The molecule has 0 heterocycles. The Kier molecular flexibility index (Phi) is 10.2. The molecule has 5 rings (SSSR count). The average molecular weight is 497 g/mol. The predicted molar refractivity (Wildman–Crippen MR) is 159 cm³/mol. The number of hydrogen-bond acceptors (Lipinski definition) is 2. The van der Waals surface area contributed by atoms with Crippen molar-refractivity contribution < 1.29 is 10.2 Å². The highest BCUT2D eigenvalue weighted by Gasteiger charge is 2.24. The molecule has 4 aromatic rings. The summed E-state index contributed by atoms with van der Waals surface area (Å²) in [4.78, 5) is 0. The van der Waals surface area contributed by atoms with Gasteiger partial charge in [0.2, 0.25) is 0 Å². The minimum absolute atomic E-state index is 0.332. The fourth-order valence-corrected chi connectivity index (χ4v) is 4.83. The lowest BCUT2D eigenvalue weighted by Crippen LogP contribution is -1.97. The molecule has 2 nitrogen and oxygen atoms in total. The van der Waals surface area contributed by atoms with E-state index in [0.29, 0.717) is 23.3 Å². The number of phenols is 2. The summed E-state index contributed by atoms with van der Waals surface area (Å²) < 4.78 is 0. The van der Waals surface area contributed by atoms with Crippen molar-refractivity contribution in [1.29, 1.82) is 0 Å². The zero-order chi connectivity index (χ0) is 26.9. The molecular formula is C35H44O2. The molecule has 0 spiro atoms. The van der Waals surface area contributed by atoms with Gasteiger partial charge in [0.05, 0.1) is 0 Å². The number of rotatable bonds is 4. The molecule has 0 bridgehead atoms. The standard InChI is InChI=1S/C14H16O.C11H14.C10H14O/c1-3-10(2)11-4-5-13-9-14(15)7-6-12(13)8-11;1-8-7-10-5-3-4-6-11(10)9(8)2;1-3-8(2)9-4-6-10(11)7-5-9/h4-10,15H,3H2,1-2H3;3-6,8-9H,7H2,1-2H3;4-8,11H,3H2,1-2H3. The zero-order valence-corrected chi connectivity index (χ0v) is 23.4. The Labute approximate surface area is 224 Å². The van der Waals surface area contributed by atoms with E-state index in [-0.39, 0.29) is 0 Å². The fourth-order valence-electron chi connectivity index (χ4n) is 4.83. The van der Waals surface area contributed by atoms with E-state index in [4.69, 9.17) is 5.11 Å². The second-order valence-corrected chi connectivity index (χ2v) is 10.7. The molecule has 37 heavy (non-hydrogen) atoms. The van der Waals surface area contributed by atoms with Gasteiger partial charge in [0, 0.05) is 0 Å². The molecule has 0 saturated carbocycles. The van der Waals surface area contributed by atoms with Gasteiger partial charge >= 0.3 is 0 Å². The maximum Gasteiger partial charge on any atom is 0.116 e. The highest BCUT2D eigenvalue weighted by molar-refractivity contribution is 5.84. The van der Waals surface area contributed by atoms with E-state index in [0.717, 1.165) is 30.1 Å². The normalized spacial score (nSPS) is 17.6. The minimum atomic E-state index is 0.332. The summed E-state index contributed by atoms with van der Waals surface area (Å²) >= 11 is 0. The van der Waals surface area contributed by atoms with Gasteiger partial charge in [-0.2, -0.15) is 0 Å². The van der Waals surface area contributed by atoms with E-state index in [2.05, 4.69) is 84.0 Å². The fraction of sp³-hybridized carbons (Fsp3) is 0.371. The third-order valence-electron chi connectivity index (χ3n) is 8.04. The van der Waals surface area contributed by atoms with Gasteiger partial charge in [-0.1, -0.05) is 102 Å². The summed E-state index contributed by atoms with van der Waals surface area (Å²) in [5.41, 5.74) is 5.80. The molecular weight excluding hydrogens is 452 g/mol. The summed E-state index contributed by atoms with van der Waals surface area (Å²) in [5, 5.41) is 20.7. The van der Waals surface area contributed by atoms with Gasteiger partial charge in [-0.3, -0.25) is 0 Å². The van der Waals surface area contributed by atoms with Crippen LogP contribution in [0.3, 0.4) is 0 Å². The molecule has 2 heteroatoms. The summed E-state index contributed by atoms with van der Waals surface area (Å²) in [7, 11) is 0. The molecule has 0 aromatic heterocycles. The van der Waals surface area contributed by atoms with E-state index in [1.165, 1.54) is 22.9 Å². The van der Waals surface area contributed by atoms with Gasteiger partial charge < -0.3 is 10.2 Å². The second kappa shape index (κ2) is 13.3. The second-order valence-electron chi connectivity index (χ2n) is 10.7. The van der Waals surface area contributed by atoms with Gasteiger partial charge in [0.25, 0.3) is 0 Å². The van der Waals surface area contributed by atoms with Crippen molar-refractivity contribution >= 4 is 10.8 Å². The highest BCUT2D eigenvalue weighted by atomic mass is 16.3. The third kappa shape index (κ3) is 7.61. The maximum atomic E-state index is 9.35. The van der Waals surface area contributed by atoms with Crippen LogP contribution in [0.1, 0.15) is 94.4 Å². The van der Waals surface area contributed by atoms with Crippen molar-refractivity contribution in [3.63, 3.8) is 0 Å². The van der Waals surface area contributed by atoms with Gasteiger partial charge in [-0.25, -0.2) is 0 Å². The molecule has 0 amide bonds. The van der Waals surface area contributed by atoms with Crippen molar-refractivity contribution in [1.82, 2.24) is 0 Å². The Balaban J connectivity index is 0.000000157. The Bertz CT molecular complexity index is 1260. The Hall–Kier alpha value is -3.26. The van der Waals surface area contributed by atoms with Crippen LogP contribution in [0.5, 0.6) is 11.5 Å². The van der Waals surface area contributed by atoms with Gasteiger partial charge in [-0.05, 0) is 100 Å². The molecule has 1 aliphatic rings. The van der Waals surface area contributed by atoms with Crippen molar-refractivity contribution in [3.05, 3.63) is 107 Å². The number of aromatic hydroxyl groups is 2. The van der Waals surface area contributed by atoms with Crippen molar-refractivity contribution in [3.8, 4) is 11.5 Å². The van der Waals surface area contributed by atoms with Crippen LogP contribution in [0.25, 0.3) is 10.8 Å². The Morgan fingerprint density at radius 1 is 0.676 bits per heavy atom. The lowest BCUT2D eigenvalue weighted by molar-refractivity contribution is 0.474. The zero-order valence-electron chi connectivity index (χ0n) is 23.4. The average Bonchev–Trinajstić information content (AvgIpc) is 3.21. The monoisotopic (exact) mass is 496 g/mol. The quantitative estimate of drug-likeness (QED) is 0.295. The van der Waals surface area contributed by atoms with E-state index in [1.54, 1.807) is 35.4 Å². The molecule has 4 unspecified atom stereocenters. The first-order valence-electron chi connectivity index (χ1n) is 13.8. The molecule has 4 atom stereocenters. The summed E-state index contributed by atoms with van der Waals surface area (Å²) in [5.74, 6) is 3.48. The van der Waals surface area contributed by atoms with Crippen LogP contribution < -0.4 is 0 Å². The Morgan fingerprint density at radius 2 is 1.22 bits per heavy atom. The molecule has 4 aromatic carbocycles. The highest BCUT2D eigenvalue weighted by Crippen LogP contribution is 2.36. The third-order valence-corrected chi connectivity index (χ3v) is 8.04. The molecule has 2 N–H and O–H groups in total. The molecule has 0 fully saturated rings. The van der Waals surface area contributed by atoms with E-state index >= 15 is 0 Å². The van der Waals surface area contributed by atoms with Crippen LogP contribution >= 0.6 is 0 Å². The molecule has 0 saturated heterocycles. The number of phenolic OH excluding ortho intramolecular Hbond substituents is 2. The van der Waals surface area contributed by atoms with Crippen molar-refractivity contribution in [2.75, 3.05) is 0 Å². The first kappa shape index (κ1) is 28.3. The van der Waals surface area contributed by atoms with Crippen LogP contribution in [0.4, 0.5) is 0 Å². The number of fused-ring (bicyclic) bond motifs is 2. The Morgan fingerprint density at radius 3 is 1.86 bits per heavy atom. The lowest BCUT2D eigenvalue weighted by atomic mass is 9.96. The van der Waals surface area contributed by atoms with Crippen LogP contribution in [-0.4, -0.2) is 10.2 Å². The van der Waals surface area contributed by atoms with Crippen LogP contribution in [0, 0.1) is 5.92 Å². The van der Waals surface area contributed by atoms with Crippen molar-refractivity contribution in [2.24, 2.45) is 5.92 Å². The summed E-state index contributed by atoms with van der Waals surface area (Å²) in [6, 6.07) is 28.2. The van der Waals surface area contributed by atoms with Gasteiger partial charge in [0.15, 0.2) is 0 Å². The van der Waals surface area contributed by atoms with Crippen LogP contribution in [0.2, 0.25) is 0 Å². The summed E-state index contributed by atoms with van der Waals surface area (Å²) in [6.07, 6.45) is 3.58. The maximum absolute atomic E-state index is 9.35. The molecule has 0 radical (unpaired) electrons. The van der Waals surface area contributed by atoms with Gasteiger partial charge in [0.1, 0.15) is 11.5 Å². The SMILES string of the molecule is CC1Cc2ccccc2C1C.CCC(C)c1ccc(O)cc1.CCC(C)c1ccc2cc(O)ccc2c1. The van der Waals surface area contributed by atoms with Gasteiger partial charge in [-0.15, -0.1) is 0 Å². The molecule has 0 aliphatic heterocycles. The first-order chi connectivity index (χ1) is 17.7.